The van der Waals surface area contributed by atoms with Crippen LogP contribution < -0.4 is 5.11 Å². The van der Waals surface area contributed by atoms with Gasteiger partial charge in [-0.2, -0.15) is 17.5 Å². The largest absolute Gasteiger partial charge is 0.548 e. The molecule has 0 radical (unpaired) electrons. The van der Waals surface area contributed by atoms with Crippen molar-refractivity contribution in [3.8, 4) is 0 Å². The molecule has 0 unspecified atom stereocenters. The predicted octanol–water partition coefficient (Wildman–Crippen LogP) is 1.26. The van der Waals surface area contributed by atoms with E-state index in [-0.39, 0.29) is 19.4 Å². The molecule has 1 aromatic carbocycles. The number of hydrogen-bond donors (Lipinski definition) is 0. The van der Waals surface area contributed by atoms with E-state index < -0.39 is 43.7 Å². The average molecular weight is 357 g/mol. The number of sulfonamides is 1. The van der Waals surface area contributed by atoms with Gasteiger partial charge in [-0.1, -0.05) is 11.6 Å². The number of rotatable bonds is 3. The van der Waals surface area contributed by atoms with Crippen LogP contribution in [0.5, 0.6) is 0 Å². The SMILES string of the molecule is O=C([O-])[C@H]1CCCN1S(=O)(=O)c1ccc(Cl)c(C(F)(F)F)c1. The molecule has 10 heteroatoms. The summed E-state index contributed by atoms with van der Waals surface area (Å²) in [6.07, 6.45) is -4.47. The molecular formula is C12H10ClF3NO4S-. The van der Waals surface area contributed by atoms with Gasteiger partial charge in [0.05, 0.1) is 27.5 Å². The molecule has 1 saturated heterocycles. The Labute approximate surface area is 129 Å². The molecule has 1 aliphatic rings. The number of halogens is 4. The predicted molar refractivity (Wildman–Crippen MR) is 68.4 cm³/mol. The fourth-order valence-corrected chi connectivity index (χ4v) is 4.18. The summed E-state index contributed by atoms with van der Waals surface area (Å²) < 4.78 is 63.8. The van der Waals surface area contributed by atoms with E-state index in [4.69, 9.17) is 11.6 Å². The molecular weight excluding hydrogens is 347 g/mol. The minimum atomic E-state index is -4.82. The van der Waals surface area contributed by atoms with Crippen molar-refractivity contribution in [2.24, 2.45) is 0 Å². The Morgan fingerprint density at radius 1 is 1.36 bits per heavy atom. The van der Waals surface area contributed by atoms with Crippen molar-refractivity contribution in [1.29, 1.82) is 0 Å². The fourth-order valence-electron chi connectivity index (χ4n) is 2.28. The smallest absolute Gasteiger partial charge is 0.417 e. The Bertz CT molecular complexity index is 705. The minimum absolute atomic E-state index is 0.0568. The Hall–Kier alpha value is -1.32. The third-order valence-corrected chi connectivity index (χ3v) is 5.56. The maximum Gasteiger partial charge on any atom is 0.417 e. The maximum absolute atomic E-state index is 12.8. The van der Waals surface area contributed by atoms with Crippen LogP contribution in [0.3, 0.4) is 0 Å². The molecule has 1 aliphatic heterocycles. The van der Waals surface area contributed by atoms with Crippen molar-refractivity contribution in [3.05, 3.63) is 28.8 Å². The monoisotopic (exact) mass is 356 g/mol. The number of carboxylic acids is 1. The normalized spacial score (nSPS) is 20.3. The summed E-state index contributed by atoms with van der Waals surface area (Å²) in [7, 11) is -4.38. The second kappa shape index (κ2) is 5.71. The number of carbonyl (C=O) groups excluding carboxylic acids is 1. The molecule has 22 heavy (non-hydrogen) atoms. The number of aliphatic carboxylic acids is 1. The van der Waals surface area contributed by atoms with E-state index in [2.05, 4.69) is 0 Å². The maximum atomic E-state index is 12.8. The number of carboxylic acid groups (broad SMARTS) is 1. The van der Waals surface area contributed by atoms with E-state index in [9.17, 15) is 31.5 Å². The van der Waals surface area contributed by atoms with E-state index >= 15 is 0 Å². The summed E-state index contributed by atoms with van der Waals surface area (Å²) in [6, 6.07) is 0.761. The van der Waals surface area contributed by atoms with Crippen molar-refractivity contribution >= 4 is 27.6 Å². The molecule has 0 saturated carbocycles. The quantitative estimate of drug-likeness (QED) is 0.817. The zero-order valence-corrected chi connectivity index (χ0v) is 12.5. The molecule has 1 fully saturated rings. The molecule has 1 atom stereocenters. The molecule has 0 aliphatic carbocycles. The fraction of sp³-hybridized carbons (Fsp3) is 0.417. The molecule has 5 nitrogen and oxygen atoms in total. The van der Waals surface area contributed by atoms with Crippen molar-refractivity contribution < 1.29 is 31.5 Å². The lowest BCUT2D eigenvalue weighted by atomic mass is 10.2. The van der Waals surface area contributed by atoms with Crippen molar-refractivity contribution in [1.82, 2.24) is 4.31 Å². The van der Waals surface area contributed by atoms with Crippen molar-refractivity contribution in [3.63, 3.8) is 0 Å². The van der Waals surface area contributed by atoms with Gasteiger partial charge in [0, 0.05) is 6.54 Å². The highest BCUT2D eigenvalue weighted by Gasteiger charge is 2.39. The Morgan fingerprint density at radius 3 is 2.55 bits per heavy atom. The molecule has 122 valence electrons. The molecule has 0 amide bonds. The van der Waals surface area contributed by atoms with Gasteiger partial charge in [-0.15, -0.1) is 0 Å². The lowest BCUT2D eigenvalue weighted by Gasteiger charge is -2.25. The highest BCUT2D eigenvalue weighted by molar-refractivity contribution is 7.89. The van der Waals surface area contributed by atoms with Crippen molar-refractivity contribution in [2.75, 3.05) is 6.54 Å². The van der Waals surface area contributed by atoms with Gasteiger partial charge in [0.25, 0.3) is 0 Å². The van der Waals surface area contributed by atoms with Gasteiger partial charge < -0.3 is 9.90 Å². The zero-order chi connectivity index (χ0) is 16.7. The lowest BCUT2D eigenvalue weighted by molar-refractivity contribution is -0.309. The average Bonchev–Trinajstić information content (AvgIpc) is 2.87. The first-order valence-electron chi connectivity index (χ1n) is 6.14. The number of hydrogen-bond acceptors (Lipinski definition) is 4. The summed E-state index contributed by atoms with van der Waals surface area (Å²) in [6.45, 7) is -0.0923. The van der Waals surface area contributed by atoms with Crippen LogP contribution in [-0.2, 0) is 21.0 Å². The Balaban J connectivity index is 2.49. The van der Waals surface area contributed by atoms with Crippen LogP contribution in [0.25, 0.3) is 0 Å². The Morgan fingerprint density at radius 2 is 2.00 bits per heavy atom. The van der Waals surface area contributed by atoms with Gasteiger partial charge in [0.2, 0.25) is 10.0 Å². The van der Waals surface area contributed by atoms with E-state index in [1.807, 2.05) is 0 Å². The summed E-state index contributed by atoms with van der Waals surface area (Å²) in [4.78, 5) is 10.3. The molecule has 0 aromatic heterocycles. The lowest BCUT2D eigenvalue weighted by Crippen LogP contribution is -2.46. The van der Waals surface area contributed by atoms with Crippen LogP contribution in [0.2, 0.25) is 5.02 Å². The second-order valence-corrected chi connectivity index (χ2v) is 7.03. The molecule has 0 spiro atoms. The topological polar surface area (TPSA) is 77.5 Å². The highest BCUT2D eigenvalue weighted by Crippen LogP contribution is 2.37. The minimum Gasteiger partial charge on any atom is -0.548 e. The molecule has 2 rings (SSSR count). The van der Waals surface area contributed by atoms with Crippen LogP contribution in [0.15, 0.2) is 23.1 Å². The highest BCUT2D eigenvalue weighted by atomic mass is 35.5. The van der Waals surface area contributed by atoms with E-state index in [0.29, 0.717) is 10.4 Å². The summed E-state index contributed by atoms with van der Waals surface area (Å²) in [5, 5.41) is 10.3. The van der Waals surface area contributed by atoms with Crippen LogP contribution in [0.1, 0.15) is 18.4 Å². The second-order valence-electron chi connectivity index (χ2n) is 4.73. The van der Waals surface area contributed by atoms with Crippen LogP contribution in [0, 0.1) is 0 Å². The summed E-state index contributed by atoms with van der Waals surface area (Å²) >= 11 is 5.44. The third-order valence-electron chi connectivity index (χ3n) is 3.33. The summed E-state index contributed by atoms with van der Waals surface area (Å²) in [5.74, 6) is -1.58. The van der Waals surface area contributed by atoms with Gasteiger partial charge in [0.1, 0.15) is 0 Å². The molecule has 1 aromatic rings. The van der Waals surface area contributed by atoms with Crippen molar-refractivity contribution in [2.45, 2.75) is 30.0 Å². The number of nitrogens with zero attached hydrogens (tertiary/aromatic N) is 1. The number of benzene rings is 1. The van der Waals surface area contributed by atoms with Crippen LogP contribution >= 0.6 is 11.6 Å². The molecule has 1 heterocycles. The van der Waals surface area contributed by atoms with E-state index in [1.165, 1.54) is 0 Å². The van der Waals surface area contributed by atoms with Gasteiger partial charge in [-0.25, -0.2) is 8.42 Å². The first-order valence-corrected chi connectivity index (χ1v) is 7.96. The molecule has 0 bridgehead atoms. The first-order chi connectivity index (χ1) is 10.0. The first kappa shape index (κ1) is 17.0. The van der Waals surface area contributed by atoms with Crippen LogP contribution in [0.4, 0.5) is 13.2 Å². The molecule has 0 N–H and O–H groups in total. The zero-order valence-electron chi connectivity index (χ0n) is 10.9. The number of carbonyl (C=O) groups is 1. The van der Waals surface area contributed by atoms with Gasteiger partial charge >= 0.3 is 6.18 Å². The van der Waals surface area contributed by atoms with Gasteiger partial charge in [-0.05, 0) is 31.0 Å². The third kappa shape index (κ3) is 3.06. The summed E-state index contributed by atoms with van der Waals surface area (Å²) in [5.41, 5.74) is -1.29. The van der Waals surface area contributed by atoms with Gasteiger partial charge in [0.15, 0.2) is 0 Å². The van der Waals surface area contributed by atoms with E-state index in [0.717, 1.165) is 12.1 Å². The Kier molecular flexibility index (Phi) is 4.42. The van der Waals surface area contributed by atoms with Gasteiger partial charge in [-0.3, -0.25) is 0 Å². The van der Waals surface area contributed by atoms with E-state index in [1.54, 1.807) is 0 Å². The standard InChI is InChI=1S/C12H11ClF3NO4S/c13-9-4-3-7(6-8(9)12(14,15)16)22(20,21)17-5-1-2-10(17)11(18)19/h3-4,6,10H,1-2,5H2,(H,18,19)/p-1/t10-/m1/s1. The van der Waals surface area contributed by atoms with Crippen LogP contribution in [-0.4, -0.2) is 31.3 Å². The number of alkyl halides is 3.